The second-order valence-corrected chi connectivity index (χ2v) is 7.06. The molecule has 0 saturated heterocycles. The molecule has 1 atom stereocenters. The Balaban J connectivity index is 1.24. The second-order valence-electron chi connectivity index (χ2n) is 7.06. The molecule has 2 amide bonds. The lowest BCUT2D eigenvalue weighted by atomic mass is 10.1. The van der Waals surface area contributed by atoms with Gasteiger partial charge < -0.3 is 15.2 Å². The summed E-state index contributed by atoms with van der Waals surface area (Å²) in [7, 11) is 0. The molecule has 1 unspecified atom stereocenters. The first-order chi connectivity index (χ1) is 12.3. The Morgan fingerprint density at radius 1 is 1.12 bits per heavy atom. The van der Waals surface area contributed by atoms with Crippen molar-refractivity contribution in [3.8, 4) is 0 Å². The number of hydrogen-bond donors (Lipinski definition) is 2. The zero-order valence-electron chi connectivity index (χ0n) is 14.4. The number of amides is 2. The molecule has 2 heterocycles. The maximum absolute atomic E-state index is 12.2. The van der Waals surface area contributed by atoms with Crippen molar-refractivity contribution < 1.29 is 4.79 Å². The second kappa shape index (κ2) is 7.25. The fourth-order valence-electron chi connectivity index (χ4n) is 3.50. The number of benzene rings is 1. The third-order valence-corrected chi connectivity index (χ3v) is 5.09. The van der Waals surface area contributed by atoms with Crippen LogP contribution in [-0.4, -0.2) is 33.4 Å². The maximum atomic E-state index is 12.2. The molecule has 1 aromatic heterocycles. The molecular weight excluding hydrogens is 314 g/mol. The van der Waals surface area contributed by atoms with Crippen LogP contribution in [0.3, 0.4) is 0 Å². The topological polar surface area (TPSA) is 71.8 Å². The molecule has 6 heteroatoms. The summed E-state index contributed by atoms with van der Waals surface area (Å²) >= 11 is 0. The summed E-state index contributed by atoms with van der Waals surface area (Å²) < 4.78 is 2.28. The van der Waals surface area contributed by atoms with Gasteiger partial charge in [-0.15, -0.1) is 10.2 Å². The van der Waals surface area contributed by atoms with E-state index < -0.39 is 0 Å². The first-order valence-electron chi connectivity index (χ1n) is 9.30. The van der Waals surface area contributed by atoms with E-state index in [9.17, 15) is 4.79 Å². The van der Waals surface area contributed by atoms with Crippen molar-refractivity contribution in [3.63, 3.8) is 0 Å². The SMILES string of the molecule is O=C(NCCc1ccccc1)NC1CCc2nnc(C3CC3)n2CC1. The summed E-state index contributed by atoms with van der Waals surface area (Å²) in [4.78, 5) is 12.2. The molecule has 2 aromatic rings. The van der Waals surface area contributed by atoms with Gasteiger partial charge in [0.15, 0.2) is 0 Å². The molecule has 2 aliphatic rings. The van der Waals surface area contributed by atoms with Crippen LogP contribution in [-0.2, 0) is 19.4 Å². The largest absolute Gasteiger partial charge is 0.338 e. The van der Waals surface area contributed by atoms with E-state index in [2.05, 4.69) is 37.5 Å². The van der Waals surface area contributed by atoms with Crippen molar-refractivity contribution in [2.45, 2.75) is 57.0 Å². The van der Waals surface area contributed by atoms with Crippen molar-refractivity contribution in [1.29, 1.82) is 0 Å². The van der Waals surface area contributed by atoms with Gasteiger partial charge in [-0.1, -0.05) is 30.3 Å². The standard InChI is InChI=1S/C19H25N5O/c25-19(20-12-10-14-4-2-1-3-5-14)21-16-8-9-17-22-23-18(15-6-7-15)24(17)13-11-16/h1-5,15-16H,6-13H2,(H2,20,21,25). The Hall–Kier alpha value is -2.37. The molecule has 1 fully saturated rings. The van der Waals surface area contributed by atoms with E-state index in [1.807, 2.05) is 18.2 Å². The Morgan fingerprint density at radius 2 is 1.96 bits per heavy atom. The molecule has 0 radical (unpaired) electrons. The minimum absolute atomic E-state index is 0.0685. The monoisotopic (exact) mass is 339 g/mol. The lowest BCUT2D eigenvalue weighted by Crippen LogP contribution is -2.43. The number of hydrogen-bond acceptors (Lipinski definition) is 3. The summed E-state index contributed by atoms with van der Waals surface area (Å²) in [6, 6.07) is 10.3. The van der Waals surface area contributed by atoms with E-state index in [1.54, 1.807) is 0 Å². The molecule has 1 aliphatic heterocycles. The Morgan fingerprint density at radius 3 is 2.76 bits per heavy atom. The zero-order valence-corrected chi connectivity index (χ0v) is 14.4. The smallest absolute Gasteiger partial charge is 0.315 e. The highest BCUT2D eigenvalue weighted by Crippen LogP contribution is 2.39. The van der Waals surface area contributed by atoms with Gasteiger partial charge >= 0.3 is 6.03 Å². The van der Waals surface area contributed by atoms with Gasteiger partial charge in [-0.05, 0) is 37.7 Å². The van der Waals surface area contributed by atoms with Crippen molar-refractivity contribution in [1.82, 2.24) is 25.4 Å². The van der Waals surface area contributed by atoms with Crippen LogP contribution in [0.25, 0.3) is 0 Å². The number of urea groups is 1. The number of nitrogens with zero attached hydrogens (tertiary/aromatic N) is 3. The predicted octanol–water partition coefficient (Wildman–Crippen LogP) is 2.40. The van der Waals surface area contributed by atoms with Crippen LogP contribution < -0.4 is 10.6 Å². The van der Waals surface area contributed by atoms with Crippen LogP contribution >= 0.6 is 0 Å². The molecule has 2 N–H and O–H groups in total. The van der Waals surface area contributed by atoms with Gasteiger partial charge in [0, 0.05) is 31.5 Å². The molecule has 25 heavy (non-hydrogen) atoms. The lowest BCUT2D eigenvalue weighted by molar-refractivity contribution is 0.235. The molecule has 4 rings (SSSR count). The highest BCUT2D eigenvalue weighted by Gasteiger charge is 2.31. The predicted molar refractivity (Wildman–Crippen MR) is 95.4 cm³/mol. The molecule has 0 bridgehead atoms. The Kier molecular flexibility index (Phi) is 4.68. The Bertz CT molecular complexity index is 723. The number of carbonyl (C=O) groups is 1. The van der Waals surface area contributed by atoms with Gasteiger partial charge in [0.05, 0.1) is 0 Å². The van der Waals surface area contributed by atoms with E-state index in [0.29, 0.717) is 12.5 Å². The lowest BCUT2D eigenvalue weighted by Gasteiger charge is -2.17. The van der Waals surface area contributed by atoms with E-state index in [4.69, 9.17) is 0 Å². The molecule has 6 nitrogen and oxygen atoms in total. The number of carbonyl (C=O) groups excluding carboxylic acids is 1. The number of fused-ring (bicyclic) bond motifs is 1. The average molecular weight is 339 g/mol. The molecule has 0 spiro atoms. The normalized spacial score (nSPS) is 19.8. The third-order valence-electron chi connectivity index (χ3n) is 5.09. The van der Waals surface area contributed by atoms with Crippen LogP contribution in [0.2, 0.25) is 0 Å². The molecule has 1 aromatic carbocycles. The fourth-order valence-corrected chi connectivity index (χ4v) is 3.50. The maximum Gasteiger partial charge on any atom is 0.315 e. The molecule has 1 saturated carbocycles. The molecular formula is C19H25N5O. The summed E-state index contributed by atoms with van der Waals surface area (Å²) in [5, 5.41) is 14.8. The number of aromatic nitrogens is 3. The van der Waals surface area contributed by atoms with E-state index in [1.165, 1.54) is 18.4 Å². The van der Waals surface area contributed by atoms with Crippen LogP contribution in [0.5, 0.6) is 0 Å². The van der Waals surface area contributed by atoms with Gasteiger partial charge in [0.2, 0.25) is 0 Å². The third kappa shape index (κ3) is 4.00. The van der Waals surface area contributed by atoms with Crippen molar-refractivity contribution >= 4 is 6.03 Å². The highest BCUT2D eigenvalue weighted by molar-refractivity contribution is 5.74. The highest BCUT2D eigenvalue weighted by atomic mass is 16.2. The number of nitrogens with one attached hydrogen (secondary N) is 2. The van der Waals surface area contributed by atoms with Gasteiger partial charge in [0.1, 0.15) is 11.6 Å². The fraction of sp³-hybridized carbons (Fsp3) is 0.526. The summed E-state index contributed by atoms with van der Waals surface area (Å²) in [5.74, 6) is 2.85. The summed E-state index contributed by atoms with van der Waals surface area (Å²) in [6.07, 6.45) is 6.08. The summed E-state index contributed by atoms with van der Waals surface area (Å²) in [5.41, 5.74) is 1.24. The van der Waals surface area contributed by atoms with Crippen LogP contribution in [0.15, 0.2) is 30.3 Å². The van der Waals surface area contributed by atoms with E-state index in [0.717, 1.165) is 43.9 Å². The van der Waals surface area contributed by atoms with E-state index >= 15 is 0 Å². The van der Waals surface area contributed by atoms with Crippen molar-refractivity contribution in [2.24, 2.45) is 0 Å². The van der Waals surface area contributed by atoms with Gasteiger partial charge in [0.25, 0.3) is 0 Å². The number of aryl methyl sites for hydroxylation is 1. The number of rotatable bonds is 5. The van der Waals surface area contributed by atoms with E-state index in [-0.39, 0.29) is 12.1 Å². The van der Waals surface area contributed by atoms with Crippen LogP contribution in [0.1, 0.15) is 48.8 Å². The van der Waals surface area contributed by atoms with Gasteiger partial charge in [-0.2, -0.15) is 0 Å². The summed E-state index contributed by atoms with van der Waals surface area (Å²) in [6.45, 7) is 1.56. The minimum atomic E-state index is -0.0685. The van der Waals surface area contributed by atoms with Crippen molar-refractivity contribution in [2.75, 3.05) is 6.54 Å². The van der Waals surface area contributed by atoms with Gasteiger partial charge in [-0.3, -0.25) is 0 Å². The zero-order chi connectivity index (χ0) is 17.1. The Labute approximate surface area is 148 Å². The van der Waals surface area contributed by atoms with Gasteiger partial charge in [-0.25, -0.2) is 4.79 Å². The molecule has 132 valence electrons. The van der Waals surface area contributed by atoms with Crippen molar-refractivity contribution in [3.05, 3.63) is 47.5 Å². The average Bonchev–Trinajstić information content (AvgIpc) is 3.42. The molecule has 1 aliphatic carbocycles. The first kappa shape index (κ1) is 16.1. The minimum Gasteiger partial charge on any atom is -0.338 e. The van der Waals surface area contributed by atoms with Crippen LogP contribution in [0, 0.1) is 0 Å². The van der Waals surface area contributed by atoms with Crippen LogP contribution in [0.4, 0.5) is 4.79 Å². The quantitative estimate of drug-likeness (QED) is 0.879. The first-order valence-corrected chi connectivity index (χ1v) is 9.30.